The molecule has 1 rings (SSSR count). The van der Waals surface area contributed by atoms with Crippen molar-refractivity contribution >= 4 is 28.0 Å². The Morgan fingerprint density at radius 3 is 2.87 bits per heavy atom. The first-order valence-electron chi connectivity index (χ1n) is 4.17. The first-order valence-corrected chi connectivity index (χ1v) is 5.29. The Kier molecular flexibility index (Phi) is 4.07. The summed E-state index contributed by atoms with van der Waals surface area (Å²) in [4.78, 5) is 10.3. The molecule has 1 aromatic carbocycles. The number of nitrogens with zero attached hydrogens (tertiary/aromatic N) is 1. The van der Waals surface area contributed by atoms with Crippen molar-refractivity contribution in [3.8, 4) is 6.07 Å². The van der Waals surface area contributed by atoms with Gasteiger partial charge in [0.25, 0.3) is 0 Å². The smallest absolute Gasteiger partial charge is 0.328 e. The number of carboxylic acids is 1. The Morgan fingerprint density at radius 1 is 1.60 bits per heavy atom. The summed E-state index contributed by atoms with van der Waals surface area (Å²) in [5, 5.41) is 17.9. The van der Waals surface area contributed by atoms with Gasteiger partial charge in [0, 0.05) is 11.4 Å². The molecule has 0 bridgehead atoms. The molecule has 0 unspecified atom stereocenters. The Bertz CT molecular complexity index is 446. The van der Waals surface area contributed by atoms with E-state index in [4.69, 9.17) is 10.4 Å². The number of rotatable bonds is 3. The predicted octanol–water partition coefficient (Wildman–Crippen LogP) is 2.55. The molecular formula is C11H8BrNO2. The summed E-state index contributed by atoms with van der Waals surface area (Å²) in [6.45, 7) is 0. The van der Waals surface area contributed by atoms with Crippen LogP contribution in [0.2, 0.25) is 0 Å². The van der Waals surface area contributed by atoms with Crippen molar-refractivity contribution in [3.05, 3.63) is 41.0 Å². The third-order valence-corrected chi connectivity index (χ3v) is 2.42. The van der Waals surface area contributed by atoms with Gasteiger partial charge in [-0.25, -0.2) is 4.79 Å². The highest BCUT2D eigenvalue weighted by molar-refractivity contribution is 9.08. The van der Waals surface area contributed by atoms with Gasteiger partial charge in [-0.1, -0.05) is 28.1 Å². The minimum atomic E-state index is -1.00. The van der Waals surface area contributed by atoms with E-state index in [1.54, 1.807) is 18.2 Å². The van der Waals surface area contributed by atoms with Crippen LogP contribution >= 0.6 is 15.9 Å². The van der Waals surface area contributed by atoms with E-state index in [0.29, 0.717) is 16.5 Å². The SMILES string of the molecule is N#Cc1cc(/C=C/C(=O)O)ccc1CBr. The van der Waals surface area contributed by atoms with Crippen LogP contribution in [0.5, 0.6) is 0 Å². The summed E-state index contributed by atoms with van der Waals surface area (Å²) < 4.78 is 0. The standard InChI is InChI=1S/C11H8BrNO2/c12-6-9-3-1-8(2-4-11(14)15)5-10(9)7-13/h1-5H,6H2,(H,14,15)/b4-2+. The molecule has 1 N–H and O–H groups in total. The van der Waals surface area contributed by atoms with Crippen LogP contribution in [0.1, 0.15) is 16.7 Å². The predicted molar refractivity (Wildman–Crippen MR) is 60.5 cm³/mol. The number of nitriles is 1. The van der Waals surface area contributed by atoms with Crippen molar-refractivity contribution in [1.82, 2.24) is 0 Å². The molecule has 0 heterocycles. The molecule has 0 fully saturated rings. The molecule has 0 spiro atoms. The van der Waals surface area contributed by atoms with Gasteiger partial charge in [0.15, 0.2) is 0 Å². The number of hydrogen-bond acceptors (Lipinski definition) is 2. The van der Waals surface area contributed by atoms with Crippen LogP contribution in [-0.4, -0.2) is 11.1 Å². The summed E-state index contributed by atoms with van der Waals surface area (Å²) in [6, 6.07) is 7.30. The average molecular weight is 266 g/mol. The van der Waals surface area contributed by atoms with Crippen LogP contribution in [0.25, 0.3) is 6.08 Å². The van der Waals surface area contributed by atoms with Crippen molar-refractivity contribution in [2.75, 3.05) is 0 Å². The van der Waals surface area contributed by atoms with Crippen LogP contribution < -0.4 is 0 Å². The number of halogens is 1. The molecule has 3 nitrogen and oxygen atoms in total. The molecule has 0 radical (unpaired) electrons. The fourth-order valence-electron chi connectivity index (χ4n) is 1.09. The zero-order chi connectivity index (χ0) is 11.3. The first kappa shape index (κ1) is 11.5. The highest BCUT2D eigenvalue weighted by Gasteiger charge is 2.00. The van der Waals surface area contributed by atoms with Gasteiger partial charge in [0.2, 0.25) is 0 Å². The van der Waals surface area contributed by atoms with Crippen molar-refractivity contribution in [2.45, 2.75) is 5.33 Å². The maximum atomic E-state index is 10.3. The summed E-state index contributed by atoms with van der Waals surface area (Å²) in [6.07, 6.45) is 2.51. The largest absolute Gasteiger partial charge is 0.478 e. The number of alkyl halides is 1. The van der Waals surface area contributed by atoms with E-state index in [2.05, 4.69) is 22.0 Å². The number of carboxylic acid groups (broad SMARTS) is 1. The zero-order valence-corrected chi connectivity index (χ0v) is 9.36. The molecular weight excluding hydrogens is 258 g/mol. The summed E-state index contributed by atoms with van der Waals surface area (Å²) in [5.74, 6) is -1.00. The van der Waals surface area contributed by atoms with E-state index in [1.165, 1.54) is 6.08 Å². The second kappa shape index (κ2) is 5.32. The van der Waals surface area contributed by atoms with E-state index >= 15 is 0 Å². The number of benzene rings is 1. The van der Waals surface area contributed by atoms with E-state index in [0.717, 1.165) is 11.6 Å². The summed E-state index contributed by atoms with van der Waals surface area (Å²) in [7, 11) is 0. The molecule has 76 valence electrons. The van der Waals surface area contributed by atoms with Crippen LogP contribution in [-0.2, 0) is 10.1 Å². The Labute approximate surface area is 95.8 Å². The molecule has 0 saturated heterocycles. The second-order valence-electron chi connectivity index (χ2n) is 2.83. The van der Waals surface area contributed by atoms with Gasteiger partial charge in [-0.05, 0) is 23.3 Å². The van der Waals surface area contributed by atoms with Crippen molar-refractivity contribution < 1.29 is 9.90 Å². The van der Waals surface area contributed by atoms with E-state index < -0.39 is 5.97 Å². The molecule has 0 atom stereocenters. The van der Waals surface area contributed by atoms with Gasteiger partial charge in [-0.2, -0.15) is 5.26 Å². The number of hydrogen-bond donors (Lipinski definition) is 1. The Morgan fingerprint density at radius 2 is 2.33 bits per heavy atom. The van der Waals surface area contributed by atoms with Gasteiger partial charge >= 0.3 is 5.97 Å². The fraction of sp³-hybridized carbons (Fsp3) is 0.0909. The van der Waals surface area contributed by atoms with Gasteiger partial charge in [-0.15, -0.1) is 0 Å². The lowest BCUT2D eigenvalue weighted by molar-refractivity contribution is -0.131. The highest BCUT2D eigenvalue weighted by atomic mass is 79.9. The van der Waals surface area contributed by atoms with Crippen molar-refractivity contribution in [1.29, 1.82) is 5.26 Å². The molecule has 1 aromatic rings. The lowest BCUT2D eigenvalue weighted by Crippen LogP contribution is -1.88. The molecule has 4 heteroatoms. The second-order valence-corrected chi connectivity index (χ2v) is 3.39. The third kappa shape index (κ3) is 3.22. The van der Waals surface area contributed by atoms with Crippen LogP contribution in [0.3, 0.4) is 0 Å². The third-order valence-electron chi connectivity index (χ3n) is 1.82. The van der Waals surface area contributed by atoms with Crippen LogP contribution in [0.4, 0.5) is 0 Å². The summed E-state index contributed by atoms with van der Waals surface area (Å²) in [5.41, 5.74) is 2.16. The first-order chi connectivity index (χ1) is 7.17. The minimum Gasteiger partial charge on any atom is -0.478 e. The number of carbonyl (C=O) groups is 1. The van der Waals surface area contributed by atoms with Gasteiger partial charge in [-0.3, -0.25) is 0 Å². The lowest BCUT2D eigenvalue weighted by Gasteiger charge is -2.00. The van der Waals surface area contributed by atoms with Crippen LogP contribution in [0, 0.1) is 11.3 Å². The Balaban J connectivity index is 3.04. The molecule has 0 amide bonds. The summed E-state index contributed by atoms with van der Waals surface area (Å²) >= 11 is 3.27. The Hall–Kier alpha value is -1.60. The minimum absolute atomic E-state index is 0.555. The van der Waals surface area contributed by atoms with E-state index in [1.807, 2.05) is 0 Å². The van der Waals surface area contributed by atoms with Crippen molar-refractivity contribution in [3.63, 3.8) is 0 Å². The van der Waals surface area contributed by atoms with Gasteiger partial charge < -0.3 is 5.11 Å². The molecule has 15 heavy (non-hydrogen) atoms. The van der Waals surface area contributed by atoms with E-state index in [-0.39, 0.29) is 0 Å². The monoisotopic (exact) mass is 265 g/mol. The van der Waals surface area contributed by atoms with Crippen LogP contribution in [0.15, 0.2) is 24.3 Å². The number of aliphatic carboxylic acids is 1. The normalized spacial score (nSPS) is 10.1. The van der Waals surface area contributed by atoms with Gasteiger partial charge in [0.1, 0.15) is 0 Å². The zero-order valence-electron chi connectivity index (χ0n) is 7.77. The lowest BCUT2D eigenvalue weighted by atomic mass is 10.1. The average Bonchev–Trinajstić information content (AvgIpc) is 2.25. The topological polar surface area (TPSA) is 61.1 Å². The molecule has 0 aliphatic carbocycles. The maximum Gasteiger partial charge on any atom is 0.328 e. The maximum absolute atomic E-state index is 10.3. The quantitative estimate of drug-likeness (QED) is 0.675. The van der Waals surface area contributed by atoms with Gasteiger partial charge in [0.05, 0.1) is 11.6 Å². The van der Waals surface area contributed by atoms with E-state index in [9.17, 15) is 4.79 Å². The molecule has 0 aliphatic heterocycles. The highest BCUT2D eigenvalue weighted by Crippen LogP contribution is 2.15. The van der Waals surface area contributed by atoms with Crippen molar-refractivity contribution in [2.24, 2.45) is 0 Å². The molecule has 0 saturated carbocycles. The fourth-order valence-corrected chi connectivity index (χ4v) is 1.57. The molecule has 0 aromatic heterocycles. The molecule has 0 aliphatic rings.